The lowest BCUT2D eigenvalue weighted by molar-refractivity contribution is 0.501. The van der Waals surface area contributed by atoms with Gasteiger partial charge in [-0.05, 0) is 59.8 Å². The van der Waals surface area contributed by atoms with E-state index in [4.69, 9.17) is 0 Å². The van der Waals surface area contributed by atoms with Crippen molar-refractivity contribution in [3.05, 3.63) is 34.4 Å². The van der Waals surface area contributed by atoms with Gasteiger partial charge in [0.15, 0.2) is 0 Å². The number of hydrogen-bond acceptors (Lipinski definition) is 0. The summed E-state index contributed by atoms with van der Waals surface area (Å²) in [5, 5.41) is 0. The molecule has 0 saturated carbocycles. The molecule has 0 spiro atoms. The van der Waals surface area contributed by atoms with Crippen LogP contribution in [0.5, 0.6) is 0 Å². The van der Waals surface area contributed by atoms with Crippen molar-refractivity contribution in [3.63, 3.8) is 0 Å². The largest absolute Gasteiger partial charge is 0.0646 e. The second-order valence-electron chi connectivity index (χ2n) is 5.67. The first-order valence-corrected chi connectivity index (χ1v) is 6.74. The van der Waals surface area contributed by atoms with Gasteiger partial charge in [0.2, 0.25) is 0 Å². The highest BCUT2D eigenvalue weighted by molar-refractivity contribution is 5.46. The molecule has 0 unspecified atom stereocenters. The van der Waals surface area contributed by atoms with E-state index in [0.29, 0.717) is 5.41 Å². The Bertz CT molecular complexity index is 385. The van der Waals surface area contributed by atoms with E-state index in [-0.39, 0.29) is 0 Å². The lowest BCUT2D eigenvalue weighted by atomic mass is 9.78. The van der Waals surface area contributed by atoms with E-state index >= 15 is 0 Å². The lowest BCUT2D eigenvalue weighted by Crippen LogP contribution is -2.18. The lowest BCUT2D eigenvalue weighted by Gasteiger charge is -2.27. The number of rotatable bonds is 3. The first-order chi connectivity index (χ1) is 7.60. The van der Waals surface area contributed by atoms with E-state index in [1.54, 1.807) is 22.3 Å². The van der Waals surface area contributed by atoms with Gasteiger partial charge in [-0.1, -0.05) is 39.8 Å². The summed E-state index contributed by atoms with van der Waals surface area (Å²) in [7, 11) is 0. The summed E-state index contributed by atoms with van der Waals surface area (Å²) >= 11 is 0. The van der Waals surface area contributed by atoms with Crippen molar-refractivity contribution in [1.82, 2.24) is 0 Å². The fourth-order valence-corrected chi connectivity index (χ4v) is 2.94. The highest BCUT2D eigenvalue weighted by Gasteiger charge is 2.26. The predicted molar refractivity (Wildman–Crippen MR) is 71.2 cm³/mol. The zero-order valence-corrected chi connectivity index (χ0v) is 11.2. The minimum Gasteiger partial charge on any atom is -0.0646 e. The van der Waals surface area contributed by atoms with Crippen LogP contribution in [0.15, 0.2) is 12.1 Å². The van der Waals surface area contributed by atoms with Gasteiger partial charge < -0.3 is 0 Å². The fraction of sp³-hybridized carbons (Fsp3) is 0.625. The van der Waals surface area contributed by atoms with Crippen molar-refractivity contribution in [1.29, 1.82) is 0 Å². The van der Waals surface area contributed by atoms with Gasteiger partial charge in [-0.3, -0.25) is 0 Å². The molecule has 0 N–H and O–H groups in total. The maximum absolute atomic E-state index is 2.40. The van der Waals surface area contributed by atoms with Gasteiger partial charge in [-0.25, -0.2) is 0 Å². The number of aryl methyl sites for hydroxylation is 1. The van der Waals surface area contributed by atoms with Crippen molar-refractivity contribution in [2.75, 3.05) is 0 Å². The molecule has 0 aromatic heterocycles. The van der Waals surface area contributed by atoms with E-state index < -0.39 is 0 Å². The molecule has 0 radical (unpaired) electrons. The molecule has 1 aromatic rings. The monoisotopic (exact) mass is 216 g/mol. The second kappa shape index (κ2) is 4.24. The standard InChI is InChI=1S/C16H24/c1-5-12-10-11-15(16(3,4)6-2)14-9-7-8-13(12)14/h10-11H,5-9H2,1-4H3. The van der Waals surface area contributed by atoms with Crippen molar-refractivity contribution in [3.8, 4) is 0 Å². The summed E-state index contributed by atoms with van der Waals surface area (Å²) in [5.74, 6) is 0. The van der Waals surface area contributed by atoms with Gasteiger partial charge in [0.05, 0.1) is 0 Å². The first-order valence-electron chi connectivity index (χ1n) is 6.74. The van der Waals surface area contributed by atoms with Crippen LogP contribution < -0.4 is 0 Å². The highest BCUT2D eigenvalue weighted by Crippen LogP contribution is 2.37. The Balaban J connectivity index is 2.54. The molecule has 0 amide bonds. The van der Waals surface area contributed by atoms with Crippen molar-refractivity contribution >= 4 is 0 Å². The normalized spacial score (nSPS) is 15.2. The summed E-state index contributed by atoms with van der Waals surface area (Å²) < 4.78 is 0. The summed E-state index contributed by atoms with van der Waals surface area (Å²) in [4.78, 5) is 0. The first kappa shape index (κ1) is 11.7. The smallest absolute Gasteiger partial charge is 0.0103 e. The van der Waals surface area contributed by atoms with Crippen LogP contribution >= 0.6 is 0 Å². The molecule has 1 aromatic carbocycles. The Morgan fingerprint density at radius 1 is 1.06 bits per heavy atom. The molecule has 0 heteroatoms. The second-order valence-corrected chi connectivity index (χ2v) is 5.67. The molecule has 0 saturated heterocycles. The third kappa shape index (κ3) is 1.79. The Morgan fingerprint density at radius 3 is 2.38 bits per heavy atom. The summed E-state index contributed by atoms with van der Waals surface area (Å²) in [5.41, 5.74) is 6.91. The molecule has 1 aliphatic carbocycles. The average molecular weight is 216 g/mol. The quantitative estimate of drug-likeness (QED) is 0.701. The van der Waals surface area contributed by atoms with E-state index in [2.05, 4.69) is 39.8 Å². The minimum absolute atomic E-state index is 0.348. The number of fused-ring (bicyclic) bond motifs is 1. The third-order valence-corrected chi connectivity index (χ3v) is 4.38. The van der Waals surface area contributed by atoms with Gasteiger partial charge in [0, 0.05) is 0 Å². The highest BCUT2D eigenvalue weighted by atomic mass is 14.3. The van der Waals surface area contributed by atoms with Crippen LogP contribution in [0.25, 0.3) is 0 Å². The molecular weight excluding hydrogens is 192 g/mol. The Labute approximate surface area is 100 Å². The molecule has 0 heterocycles. The fourth-order valence-electron chi connectivity index (χ4n) is 2.94. The van der Waals surface area contributed by atoms with Crippen LogP contribution in [0.3, 0.4) is 0 Å². The van der Waals surface area contributed by atoms with Gasteiger partial charge in [0.1, 0.15) is 0 Å². The summed E-state index contributed by atoms with van der Waals surface area (Å²) in [6.45, 7) is 9.34. The maximum Gasteiger partial charge on any atom is -0.0103 e. The predicted octanol–water partition coefficient (Wildman–Crippen LogP) is 4.43. The Kier molecular flexibility index (Phi) is 3.10. The van der Waals surface area contributed by atoms with Gasteiger partial charge >= 0.3 is 0 Å². The zero-order valence-electron chi connectivity index (χ0n) is 11.2. The minimum atomic E-state index is 0.348. The Morgan fingerprint density at radius 2 is 1.75 bits per heavy atom. The average Bonchev–Trinajstić information content (AvgIpc) is 2.76. The van der Waals surface area contributed by atoms with Crippen LogP contribution in [-0.2, 0) is 24.7 Å². The summed E-state index contributed by atoms with van der Waals surface area (Å²) in [6, 6.07) is 4.77. The van der Waals surface area contributed by atoms with Crippen molar-refractivity contribution in [2.24, 2.45) is 0 Å². The SMILES string of the molecule is CCc1ccc(C(C)(C)CC)c2c1CCC2. The van der Waals surface area contributed by atoms with Gasteiger partial charge in [0.25, 0.3) is 0 Å². The molecule has 0 aliphatic heterocycles. The zero-order chi connectivity index (χ0) is 11.8. The van der Waals surface area contributed by atoms with E-state index in [9.17, 15) is 0 Å². The van der Waals surface area contributed by atoms with Crippen LogP contribution in [0, 0.1) is 0 Å². The number of hydrogen-bond donors (Lipinski definition) is 0. The molecule has 0 bridgehead atoms. The van der Waals surface area contributed by atoms with Crippen LogP contribution in [0.2, 0.25) is 0 Å². The molecule has 16 heavy (non-hydrogen) atoms. The Hall–Kier alpha value is -0.780. The summed E-state index contributed by atoms with van der Waals surface area (Å²) in [6.07, 6.45) is 6.40. The molecule has 0 nitrogen and oxygen atoms in total. The topological polar surface area (TPSA) is 0 Å². The molecular formula is C16H24. The van der Waals surface area contributed by atoms with Crippen molar-refractivity contribution in [2.45, 2.75) is 65.2 Å². The van der Waals surface area contributed by atoms with Crippen LogP contribution in [0.4, 0.5) is 0 Å². The van der Waals surface area contributed by atoms with E-state index in [1.165, 1.54) is 32.1 Å². The van der Waals surface area contributed by atoms with Gasteiger partial charge in [-0.2, -0.15) is 0 Å². The van der Waals surface area contributed by atoms with Crippen LogP contribution in [0.1, 0.15) is 62.8 Å². The van der Waals surface area contributed by atoms with Crippen LogP contribution in [-0.4, -0.2) is 0 Å². The van der Waals surface area contributed by atoms with E-state index in [1.807, 2.05) is 0 Å². The van der Waals surface area contributed by atoms with E-state index in [0.717, 1.165) is 0 Å². The maximum atomic E-state index is 2.40. The molecule has 2 rings (SSSR count). The van der Waals surface area contributed by atoms with Gasteiger partial charge in [-0.15, -0.1) is 0 Å². The molecule has 88 valence electrons. The molecule has 1 aliphatic rings. The molecule has 0 fully saturated rings. The molecule has 0 atom stereocenters. The number of benzene rings is 1. The third-order valence-electron chi connectivity index (χ3n) is 4.38. The van der Waals surface area contributed by atoms with Crippen molar-refractivity contribution < 1.29 is 0 Å².